The first-order chi connectivity index (χ1) is 4.98. The Balaban J connectivity index is 3.90. The molecule has 0 saturated carbocycles. The zero-order valence-electron chi connectivity index (χ0n) is 7.35. The molecule has 0 heterocycles. The molecule has 1 heteroatoms. The van der Waals surface area contributed by atoms with Crippen LogP contribution in [0.5, 0.6) is 0 Å². The Morgan fingerprint density at radius 1 is 1.64 bits per heavy atom. The van der Waals surface area contributed by atoms with Gasteiger partial charge in [0, 0.05) is 0 Å². The SMILES string of the molecule is C#CC(C)(C)O/C=C/C(=C)C. The van der Waals surface area contributed by atoms with E-state index in [-0.39, 0.29) is 0 Å². The molecule has 0 N–H and O–H groups in total. The Kier molecular flexibility index (Phi) is 3.47. The molecule has 0 spiro atoms. The topological polar surface area (TPSA) is 9.23 Å². The van der Waals surface area contributed by atoms with E-state index in [0.29, 0.717) is 0 Å². The number of hydrogen-bond acceptors (Lipinski definition) is 1. The first-order valence-electron chi connectivity index (χ1n) is 3.45. The maximum absolute atomic E-state index is 5.21. The van der Waals surface area contributed by atoms with Crippen molar-refractivity contribution in [3.8, 4) is 12.3 Å². The van der Waals surface area contributed by atoms with Gasteiger partial charge < -0.3 is 4.74 Å². The molecule has 0 unspecified atom stereocenters. The van der Waals surface area contributed by atoms with Gasteiger partial charge in [-0.2, -0.15) is 0 Å². The largest absolute Gasteiger partial charge is 0.483 e. The standard InChI is InChI=1S/C10H14O/c1-6-10(4,5)11-8-7-9(2)3/h1,7-8H,2H2,3-5H3/b8-7+. The van der Waals surface area contributed by atoms with E-state index in [9.17, 15) is 0 Å². The van der Waals surface area contributed by atoms with Crippen molar-refractivity contribution in [3.05, 3.63) is 24.5 Å². The van der Waals surface area contributed by atoms with Crippen LogP contribution >= 0.6 is 0 Å². The normalized spacial score (nSPS) is 11.1. The smallest absolute Gasteiger partial charge is 0.162 e. The van der Waals surface area contributed by atoms with Gasteiger partial charge in [0.05, 0.1) is 6.26 Å². The minimum Gasteiger partial charge on any atom is -0.483 e. The number of ether oxygens (including phenoxy) is 1. The summed E-state index contributed by atoms with van der Waals surface area (Å²) in [4.78, 5) is 0. The minimum atomic E-state index is -0.522. The van der Waals surface area contributed by atoms with Crippen LogP contribution < -0.4 is 0 Å². The lowest BCUT2D eigenvalue weighted by atomic mass is 10.1. The summed E-state index contributed by atoms with van der Waals surface area (Å²) in [6.07, 6.45) is 8.54. The molecule has 0 atom stereocenters. The van der Waals surface area contributed by atoms with Gasteiger partial charge in [-0.25, -0.2) is 0 Å². The second-order valence-corrected chi connectivity index (χ2v) is 2.92. The van der Waals surface area contributed by atoms with E-state index in [1.54, 1.807) is 12.3 Å². The molecular formula is C10H14O. The highest BCUT2D eigenvalue weighted by Gasteiger charge is 2.11. The lowest BCUT2D eigenvalue weighted by Gasteiger charge is -2.16. The summed E-state index contributed by atoms with van der Waals surface area (Å²) in [5.74, 6) is 2.51. The quantitative estimate of drug-likeness (QED) is 0.341. The van der Waals surface area contributed by atoms with Crippen LogP contribution in [0.4, 0.5) is 0 Å². The molecule has 1 nitrogen and oxygen atoms in total. The van der Waals surface area contributed by atoms with E-state index in [4.69, 9.17) is 11.2 Å². The van der Waals surface area contributed by atoms with Crippen LogP contribution in [0.3, 0.4) is 0 Å². The predicted octanol–water partition coefficient (Wildman–Crippen LogP) is 2.50. The van der Waals surface area contributed by atoms with E-state index in [0.717, 1.165) is 5.57 Å². The van der Waals surface area contributed by atoms with Gasteiger partial charge in [0.1, 0.15) is 0 Å². The number of terminal acetylenes is 1. The average molecular weight is 150 g/mol. The molecule has 11 heavy (non-hydrogen) atoms. The van der Waals surface area contributed by atoms with Crippen LogP contribution in [-0.2, 0) is 4.74 Å². The highest BCUT2D eigenvalue weighted by molar-refractivity contribution is 5.10. The highest BCUT2D eigenvalue weighted by atomic mass is 16.5. The number of hydrogen-bond donors (Lipinski definition) is 0. The fourth-order valence-corrected chi connectivity index (χ4v) is 0.354. The Morgan fingerprint density at radius 2 is 2.18 bits per heavy atom. The molecule has 0 aromatic carbocycles. The van der Waals surface area contributed by atoms with Gasteiger partial charge in [-0.05, 0) is 26.8 Å². The molecule has 0 bridgehead atoms. The third-order valence-corrected chi connectivity index (χ3v) is 1.06. The van der Waals surface area contributed by atoms with Gasteiger partial charge in [-0.1, -0.05) is 18.1 Å². The van der Waals surface area contributed by atoms with Gasteiger partial charge in [0.2, 0.25) is 0 Å². The molecule has 0 fully saturated rings. The van der Waals surface area contributed by atoms with Crippen LogP contribution in [0.2, 0.25) is 0 Å². The number of allylic oxidation sites excluding steroid dienone is 2. The van der Waals surface area contributed by atoms with Crippen molar-refractivity contribution < 1.29 is 4.74 Å². The summed E-state index contributed by atoms with van der Waals surface area (Å²) in [5, 5.41) is 0. The van der Waals surface area contributed by atoms with E-state index in [1.807, 2.05) is 20.8 Å². The summed E-state index contributed by atoms with van der Waals surface area (Å²) < 4.78 is 5.21. The monoisotopic (exact) mass is 150 g/mol. The molecule has 0 aliphatic heterocycles. The Labute approximate surface area is 68.8 Å². The van der Waals surface area contributed by atoms with Gasteiger partial charge in [0.15, 0.2) is 5.60 Å². The van der Waals surface area contributed by atoms with Crippen LogP contribution in [0.25, 0.3) is 0 Å². The molecule has 0 aromatic heterocycles. The van der Waals surface area contributed by atoms with Crippen LogP contribution in [0, 0.1) is 12.3 Å². The lowest BCUT2D eigenvalue weighted by molar-refractivity contribution is 0.114. The summed E-state index contributed by atoms with van der Waals surface area (Å²) in [5.41, 5.74) is 0.421. The average Bonchev–Trinajstić information content (AvgIpc) is 1.87. The number of rotatable bonds is 3. The molecule has 0 aromatic rings. The minimum absolute atomic E-state index is 0.522. The van der Waals surface area contributed by atoms with E-state index in [1.165, 1.54) is 0 Å². The maximum Gasteiger partial charge on any atom is 0.162 e. The van der Waals surface area contributed by atoms with Crippen molar-refractivity contribution in [2.45, 2.75) is 26.4 Å². The molecular weight excluding hydrogens is 136 g/mol. The van der Waals surface area contributed by atoms with E-state index < -0.39 is 5.60 Å². The van der Waals surface area contributed by atoms with Crippen molar-refractivity contribution in [3.63, 3.8) is 0 Å². The van der Waals surface area contributed by atoms with Crippen molar-refractivity contribution in [2.75, 3.05) is 0 Å². The van der Waals surface area contributed by atoms with Crippen molar-refractivity contribution >= 4 is 0 Å². The lowest BCUT2D eigenvalue weighted by Crippen LogP contribution is -2.18. The molecule has 0 saturated heterocycles. The summed E-state index contributed by atoms with van der Waals surface area (Å²) in [7, 11) is 0. The first-order valence-corrected chi connectivity index (χ1v) is 3.45. The van der Waals surface area contributed by atoms with Crippen LogP contribution in [0.1, 0.15) is 20.8 Å². The van der Waals surface area contributed by atoms with Crippen molar-refractivity contribution in [1.29, 1.82) is 0 Å². The fourth-order valence-electron chi connectivity index (χ4n) is 0.354. The molecule has 0 rings (SSSR count). The molecule has 0 radical (unpaired) electrons. The van der Waals surface area contributed by atoms with Crippen LogP contribution in [0.15, 0.2) is 24.5 Å². The fraction of sp³-hybridized carbons (Fsp3) is 0.400. The Bertz CT molecular complexity index is 203. The second kappa shape index (κ2) is 3.88. The second-order valence-electron chi connectivity index (χ2n) is 2.92. The highest BCUT2D eigenvalue weighted by Crippen LogP contribution is 2.07. The van der Waals surface area contributed by atoms with E-state index in [2.05, 4.69) is 12.5 Å². The predicted molar refractivity (Wildman–Crippen MR) is 48.0 cm³/mol. The van der Waals surface area contributed by atoms with Gasteiger partial charge in [-0.15, -0.1) is 6.42 Å². The first kappa shape index (κ1) is 9.84. The molecule has 0 amide bonds. The molecule has 60 valence electrons. The zero-order valence-corrected chi connectivity index (χ0v) is 7.35. The van der Waals surface area contributed by atoms with E-state index >= 15 is 0 Å². The Morgan fingerprint density at radius 3 is 2.55 bits per heavy atom. The van der Waals surface area contributed by atoms with Gasteiger partial charge >= 0.3 is 0 Å². The van der Waals surface area contributed by atoms with Gasteiger partial charge in [-0.3, -0.25) is 0 Å². The Hall–Kier alpha value is -1.16. The third kappa shape index (κ3) is 5.29. The summed E-state index contributed by atoms with van der Waals surface area (Å²) in [6.45, 7) is 9.23. The summed E-state index contributed by atoms with van der Waals surface area (Å²) in [6, 6.07) is 0. The zero-order chi connectivity index (χ0) is 8.91. The maximum atomic E-state index is 5.21. The summed E-state index contributed by atoms with van der Waals surface area (Å²) >= 11 is 0. The third-order valence-electron chi connectivity index (χ3n) is 1.06. The van der Waals surface area contributed by atoms with Crippen molar-refractivity contribution in [1.82, 2.24) is 0 Å². The van der Waals surface area contributed by atoms with Crippen molar-refractivity contribution in [2.24, 2.45) is 0 Å². The molecule has 0 aliphatic rings. The van der Waals surface area contributed by atoms with Gasteiger partial charge in [0.25, 0.3) is 0 Å². The van der Waals surface area contributed by atoms with Crippen LogP contribution in [-0.4, -0.2) is 5.60 Å². The molecule has 0 aliphatic carbocycles.